The van der Waals surface area contributed by atoms with Crippen LogP contribution in [0.5, 0.6) is 0 Å². The molecule has 0 fully saturated rings. The summed E-state index contributed by atoms with van der Waals surface area (Å²) in [5.41, 5.74) is 1.68. The molecule has 0 atom stereocenters. The third kappa shape index (κ3) is 2.21. The molecule has 1 aromatic rings. The van der Waals surface area contributed by atoms with Crippen LogP contribution in [0.4, 0.5) is 0 Å². The van der Waals surface area contributed by atoms with Gasteiger partial charge in [-0.15, -0.1) is 0 Å². The van der Waals surface area contributed by atoms with Crippen molar-refractivity contribution in [2.45, 2.75) is 26.4 Å². The number of halogens is 1. The van der Waals surface area contributed by atoms with Crippen molar-refractivity contribution in [1.29, 1.82) is 0 Å². The maximum absolute atomic E-state index is 5.84. The van der Waals surface area contributed by atoms with Crippen LogP contribution in [0, 0.1) is 6.92 Å². The largest absolute Gasteiger partial charge is 0.294 e. The van der Waals surface area contributed by atoms with E-state index in [0.717, 1.165) is 16.1 Å². The minimum absolute atomic E-state index is 0.464. The van der Waals surface area contributed by atoms with Crippen LogP contribution in [-0.4, -0.2) is 0 Å². The molecule has 0 radical (unpaired) electrons. The molecule has 0 saturated heterocycles. The van der Waals surface area contributed by atoms with Crippen LogP contribution in [0.15, 0.2) is 18.2 Å². The average Bonchev–Trinajstić information content (AvgIpc) is 2.03. The number of nitrogens with two attached hydrogens (primary N) is 1. The molecule has 0 aliphatic heterocycles. The molecule has 2 nitrogen and oxygen atoms in total. The summed E-state index contributed by atoms with van der Waals surface area (Å²) < 4.78 is 0. The number of hydrogen-bond acceptors (Lipinski definition) is 2. The third-order valence-corrected chi connectivity index (χ3v) is 2.37. The Hall–Kier alpha value is -0.570. The third-order valence-electron chi connectivity index (χ3n) is 2.13. The van der Waals surface area contributed by atoms with Crippen LogP contribution in [0.2, 0.25) is 5.02 Å². The molecule has 2 N–H and O–H groups in total. The second kappa shape index (κ2) is 3.66. The average molecular weight is 200 g/mol. The van der Waals surface area contributed by atoms with Crippen molar-refractivity contribution in [1.82, 2.24) is 0 Å². The molecule has 0 aromatic heterocycles. The minimum Gasteiger partial charge on any atom is -0.294 e. The summed E-state index contributed by atoms with van der Waals surface area (Å²) >= 11 is 5.84. The van der Waals surface area contributed by atoms with Crippen molar-refractivity contribution in [3.63, 3.8) is 0 Å². The summed E-state index contributed by atoms with van der Waals surface area (Å²) in [6.07, 6.45) is 0. The molecular formula is C10H14ClNO. The lowest BCUT2D eigenvalue weighted by Crippen LogP contribution is -2.26. The Morgan fingerprint density at radius 3 is 2.46 bits per heavy atom. The maximum Gasteiger partial charge on any atom is 0.109 e. The highest BCUT2D eigenvalue weighted by Crippen LogP contribution is 2.27. The molecule has 0 spiro atoms. The maximum atomic E-state index is 5.84. The van der Waals surface area contributed by atoms with E-state index in [2.05, 4.69) is 0 Å². The summed E-state index contributed by atoms with van der Waals surface area (Å²) in [5, 5.41) is 0.731. The lowest BCUT2D eigenvalue weighted by molar-refractivity contribution is -0.0240. The first-order chi connectivity index (χ1) is 5.97. The van der Waals surface area contributed by atoms with E-state index in [-0.39, 0.29) is 0 Å². The molecule has 3 heteroatoms. The van der Waals surface area contributed by atoms with Gasteiger partial charge >= 0.3 is 0 Å². The molecule has 0 aliphatic rings. The quantitative estimate of drug-likeness (QED) is 0.744. The van der Waals surface area contributed by atoms with Gasteiger partial charge in [0.15, 0.2) is 0 Å². The van der Waals surface area contributed by atoms with Gasteiger partial charge in [0.25, 0.3) is 0 Å². The zero-order valence-electron chi connectivity index (χ0n) is 8.10. The minimum atomic E-state index is -0.464. The molecular weight excluding hydrogens is 186 g/mol. The van der Waals surface area contributed by atoms with Crippen LogP contribution in [-0.2, 0) is 10.4 Å². The van der Waals surface area contributed by atoms with Gasteiger partial charge in [-0.05, 0) is 44.0 Å². The molecule has 0 unspecified atom stereocenters. The highest BCUT2D eigenvalue weighted by Gasteiger charge is 2.22. The molecule has 1 rings (SSSR count). The lowest BCUT2D eigenvalue weighted by atomic mass is 9.94. The van der Waals surface area contributed by atoms with E-state index in [1.807, 2.05) is 39.0 Å². The van der Waals surface area contributed by atoms with Gasteiger partial charge in [0, 0.05) is 5.02 Å². The van der Waals surface area contributed by atoms with Gasteiger partial charge in [-0.1, -0.05) is 17.7 Å². The first-order valence-corrected chi connectivity index (χ1v) is 4.49. The van der Waals surface area contributed by atoms with E-state index in [1.54, 1.807) is 0 Å². The van der Waals surface area contributed by atoms with E-state index in [9.17, 15) is 0 Å². The summed E-state index contributed by atoms with van der Waals surface area (Å²) in [7, 11) is 0. The topological polar surface area (TPSA) is 35.2 Å². The summed E-state index contributed by atoms with van der Waals surface area (Å²) in [6.45, 7) is 5.83. The van der Waals surface area contributed by atoms with Gasteiger partial charge in [0.05, 0.1) is 0 Å². The Kier molecular flexibility index (Phi) is 2.96. The van der Waals surface area contributed by atoms with Gasteiger partial charge in [-0.3, -0.25) is 4.84 Å². The molecule has 0 heterocycles. The Morgan fingerprint density at radius 1 is 1.38 bits per heavy atom. The van der Waals surface area contributed by atoms with Gasteiger partial charge in [0.2, 0.25) is 0 Å². The Bertz CT molecular complexity index is 310. The van der Waals surface area contributed by atoms with Crippen molar-refractivity contribution in [2.24, 2.45) is 5.90 Å². The van der Waals surface area contributed by atoms with Crippen LogP contribution in [0.25, 0.3) is 0 Å². The molecule has 0 aliphatic carbocycles. The molecule has 0 bridgehead atoms. The molecule has 0 amide bonds. The molecule has 13 heavy (non-hydrogen) atoms. The zero-order valence-corrected chi connectivity index (χ0v) is 8.85. The first kappa shape index (κ1) is 10.5. The summed E-state index contributed by atoms with van der Waals surface area (Å²) in [5.74, 6) is 5.21. The Labute approximate surface area is 83.6 Å². The predicted octanol–water partition coefficient (Wildman–Crippen LogP) is 2.77. The van der Waals surface area contributed by atoms with Crippen molar-refractivity contribution < 1.29 is 4.84 Å². The molecule has 1 aromatic carbocycles. The first-order valence-electron chi connectivity index (χ1n) is 4.12. The summed E-state index contributed by atoms with van der Waals surface area (Å²) in [6, 6.07) is 5.67. The number of hydrogen-bond donors (Lipinski definition) is 1. The highest BCUT2D eigenvalue weighted by atomic mass is 35.5. The van der Waals surface area contributed by atoms with Gasteiger partial charge < -0.3 is 0 Å². The smallest absolute Gasteiger partial charge is 0.109 e. The fourth-order valence-electron chi connectivity index (χ4n) is 1.37. The highest BCUT2D eigenvalue weighted by molar-refractivity contribution is 6.30. The van der Waals surface area contributed by atoms with Crippen LogP contribution < -0.4 is 5.90 Å². The van der Waals surface area contributed by atoms with Crippen molar-refractivity contribution >= 4 is 11.6 Å². The fraction of sp³-hybridized carbons (Fsp3) is 0.400. The zero-order chi connectivity index (χ0) is 10.1. The number of rotatable bonds is 2. The van der Waals surface area contributed by atoms with Crippen molar-refractivity contribution in [3.8, 4) is 0 Å². The normalized spacial score (nSPS) is 11.8. The van der Waals surface area contributed by atoms with Crippen LogP contribution in [0.3, 0.4) is 0 Å². The fourth-order valence-corrected chi connectivity index (χ4v) is 1.59. The number of aryl methyl sites for hydroxylation is 1. The second-order valence-electron chi connectivity index (χ2n) is 3.59. The molecule has 72 valence electrons. The van der Waals surface area contributed by atoms with E-state index in [1.165, 1.54) is 0 Å². The lowest BCUT2D eigenvalue weighted by Gasteiger charge is -2.24. The van der Waals surface area contributed by atoms with Gasteiger partial charge in [-0.2, -0.15) is 0 Å². The van der Waals surface area contributed by atoms with E-state index < -0.39 is 5.60 Å². The second-order valence-corrected chi connectivity index (χ2v) is 4.02. The van der Waals surface area contributed by atoms with Crippen molar-refractivity contribution in [3.05, 3.63) is 34.3 Å². The summed E-state index contributed by atoms with van der Waals surface area (Å²) in [4.78, 5) is 4.90. The standard InChI is InChI=1S/C10H14ClNO/c1-7-6-8(11)4-5-9(7)10(2,3)13-12/h4-6H,12H2,1-3H3. The Morgan fingerprint density at radius 2 is 2.00 bits per heavy atom. The van der Waals surface area contributed by atoms with Gasteiger partial charge in [-0.25, -0.2) is 5.90 Å². The van der Waals surface area contributed by atoms with E-state index >= 15 is 0 Å². The van der Waals surface area contributed by atoms with E-state index in [0.29, 0.717) is 0 Å². The Balaban J connectivity index is 3.16. The number of benzene rings is 1. The predicted molar refractivity (Wildman–Crippen MR) is 54.5 cm³/mol. The molecule has 0 saturated carbocycles. The van der Waals surface area contributed by atoms with Crippen LogP contribution >= 0.6 is 11.6 Å². The van der Waals surface area contributed by atoms with Crippen LogP contribution in [0.1, 0.15) is 25.0 Å². The SMILES string of the molecule is Cc1cc(Cl)ccc1C(C)(C)ON. The van der Waals surface area contributed by atoms with Gasteiger partial charge in [0.1, 0.15) is 5.60 Å². The van der Waals surface area contributed by atoms with Crippen molar-refractivity contribution in [2.75, 3.05) is 0 Å². The monoisotopic (exact) mass is 199 g/mol. The van der Waals surface area contributed by atoms with E-state index in [4.69, 9.17) is 22.3 Å².